The molecule has 3 rings (SSSR count). The Balaban J connectivity index is 0.00000320. The lowest BCUT2D eigenvalue weighted by molar-refractivity contribution is -0.115. The van der Waals surface area contributed by atoms with Crippen LogP contribution in [0.1, 0.15) is 30.6 Å². The lowest BCUT2D eigenvalue weighted by Crippen LogP contribution is -2.48. The van der Waals surface area contributed by atoms with Crippen LogP contribution in [-0.2, 0) is 35.5 Å². The van der Waals surface area contributed by atoms with Crippen LogP contribution in [-0.4, -0.2) is 53.4 Å². The fourth-order valence-electron chi connectivity index (χ4n) is 3.29. The summed E-state index contributed by atoms with van der Waals surface area (Å²) in [6.45, 7) is 3.33. The van der Waals surface area contributed by atoms with Crippen LogP contribution in [0, 0.1) is 0 Å². The molecule has 3 N–H and O–H groups in total. The predicted octanol–water partition coefficient (Wildman–Crippen LogP) is 1.72. The number of aromatic nitrogens is 3. The Morgan fingerprint density at radius 2 is 2.23 bits per heavy atom. The molecule has 9 nitrogen and oxygen atoms in total. The number of rotatable bonds is 7. The fraction of sp³-hybridized carbons (Fsp3) is 0.500. The van der Waals surface area contributed by atoms with Crippen LogP contribution in [0.15, 0.2) is 29.3 Å². The van der Waals surface area contributed by atoms with Crippen molar-refractivity contribution in [1.29, 1.82) is 0 Å². The van der Waals surface area contributed by atoms with Gasteiger partial charge in [0.15, 0.2) is 11.8 Å². The number of methoxy groups -OCH3 is 1. The first-order valence-corrected chi connectivity index (χ1v) is 9.88. The van der Waals surface area contributed by atoms with Crippen LogP contribution in [0.2, 0.25) is 0 Å². The van der Waals surface area contributed by atoms with Gasteiger partial charge in [-0.05, 0) is 30.5 Å². The molecule has 164 valence electrons. The van der Waals surface area contributed by atoms with Gasteiger partial charge in [0.05, 0.1) is 13.1 Å². The third-order valence-corrected chi connectivity index (χ3v) is 4.78. The molecule has 1 unspecified atom stereocenters. The minimum Gasteiger partial charge on any atom is -0.377 e. The second kappa shape index (κ2) is 11.8. The summed E-state index contributed by atoms with van der Waals surface area (Å²) < 4.78 is 7.02. The van der Waals surface area contributed by atoms with E-state index in [2.05, 4.69) is 37.9 Å². The van der Waals surface area contributed by atoms with E-state index >= 15 is 0 Å². The van der Waals surface area contributed by atoms with Crippen molar-refractivity contribution >= 4 is 41.5 Å². The predicted molar refractivity (Wildman–Crippen MR) is 127 cm³/mol. The number of anilines is 1. The molecule has 10 heteroatoms. The van der Waals surface area contributed by atoms with E-state index in [4.69, 9.17) is 4.74 Å². The van der Waals surface area contributed by atoms with E-state index in [9.17, 15) is 4.79 Å². The molecule has 1 aromatic carbocycles. The highest BCUT2D eigenvalue weighted by molar-refractivity contribution is 14.0. The SMILES string of the molecule is CCc1cccc(NC(=O)CNC(=NC)NC2CCc3nc(COC)nn3C2)c1.I. The molecule has 2 aromatic rings. The van der Waals surface area contributed by atoms with Gasteiger partial charge in [-0.25, -0.2) is 9.67 Å². The topological polar surface area (TPSA) is 105 Å². The van der Waals surface area contributed by atoms with Crippen molar-refractivity contribution in [2.45, 2.75) is 45.4 Å². The zero-order valence-corrected chi connectivity index (χ0v) is 20.0. The Bertz CT molecular complexity index is 869. The van der Waals surface area contributed by atoms with Crippen molar-refractivity contribution in [2.24, 2.45) is 4.99 Å². The number of nitrogens with one attached hydrogen (secondary N) is 3. The lowest BCUT2D eigenvalue weighted by Gasteiger charge is -2.25. The summed E-state index contributed by atoms with van der Waals surface area (Å²) in [6, 6.07) is 8.03. The fourth-order valence-corrected chi connectivity index (χ4v) is 3.29. The number of fused-ring (bicyclic) bond motifs is 1. The van der Waals surface area contributed by atoms with Crippen molar-refractivity contribution in [3.63, 3.8) is 0 Å². The molecule has 30 heavy (non-hydrogen) atoms. The molecule has 1 aliphatic rings. The molecule has 0 saturated heterocycles. The molecule has 0 saturated carbocycles. The Morgan fingerprint density at radius 3 is 2.97 bits per heavy atom. The zero-order valence-electron chi connectivity index (χ0n) is 17.6. The molecule has 1 aromatic heterocycles. The van der Waals surface area contributed by atoms with Gasteiger partial charge in [-0.1, -0.05) is 19.1 Å². The summed E-state index contributed by atoms with van der Waals surface area (Å²) in [5.74, 6) is 2.15. The maximum Gasteiger partial charge on any atom is 0.243 e. The highest BCUT2D eigenvalue weighted by Gasteiger charge is 2.22. The summed E-state index contributed by atoms with van der Waals surface area (Å²) in [7, 11) is 3.33. The van der Waals surface area contributed by atoms with E-state index < -0.39 is 0 Å². The summed E-state index contributed by atoms with van der Waals surface area (Å²) in [5.41, 5.74) is 1.99. The first-order valence-electron chi connectivity index (χ1n) is 9.88. The van der Waals surface area contributed by atoms with Gasteiger partial charge < -0.3 is 20.7 Å². The number of halogens is 1. The Hall–Kier alpha value is -2.21. The van der Waals surface area contributed by atoms with Crippen molar-refractivity contribution < 1.29 is 9.53 Å². The van der Waals surface area contributed by atoms with E-state index in [1.165, 1.54) is 5.56 Å². The van der Waals surface area contributed by atoms with Gasteiger partial charge in [0, 0.05) is 32.3 Å². The lowest BCUT2D eigenvalue weighted by atomic mass is 10.1. The smallest absolute Gasteiger partial charge is 0.243 e. The number of hydrogen-bond donors (Lipinski definition) is 3. The molecule has 2 heterocycles. The minimum absolute atomic E-state index is 0. The maximum absolute atomic E-state index is 12.3. The molecule has 1 aliphatic heterocycles. The minimum atomic E-state index is -0.118. The molecule has 0 bridgehead atoms. The summed E-state index contributed by atoms with van der Waals surface area (Å²) in [5, 5.41) is 13.8. The van der Waals surface area contributed by atoms with Crippen molar-refractivity contribution in [2.75, 3.05) is 26.0 Å². The van der Waals surface area contributed by atoms with Gasteiger partial charge in [0.25, 0.3) is 0 Å². The molecular formula is C20H30IN7O2. The van der Waals surface area contributed by atoms with Crippen LogP contribution in [0.25, 0.3) is 0 Å². The van der Waals surface area contributed by atoms with E-state index in [-0.39, 0.29) is 42.5 Å². The van der Waals surface area contributed by atoms with Crippen molar-refractivity contribution in [3.8, 4) is 0 Å². The van der Waals surface area contributed by atoms with Crippen molar-refractivity contribution in [3.05, 3.63) is 41.5 Å². The number of amides is 1. The number of carbonyl (C=O) groups is 1. The molecule has 0 aliphatic carbocycles. The number of aryl methyl sites for hydroxylation is 2. The van der Waals surface area contributed by atoms with Crippen LogP contribution >= 0.6 is 24.0 Å². The standard InChI is InChI=1S/C20H29N7O2.HI/c1-4-14-6-5-7-15(10-14)23-19(28)11-22-20(21-2)24-16-8-9-18-25-17(13-29-3)26-27(18)12-16;/h5-7,10,16H,4,8-9,11-13H2,1-3H3,(H,23,28)(H2,21,22,24);1H. The number of nitrogens with zero attached hydrogens (tertiary/aromatic N) is 4. The summed E-state index contributed by atoms with van der Waals surface area (Å²) in [4.78, 5) is 21.0. The molecule has 0 fully saturated rings. The first-order chi connectivity index (χ1) is 14.1. The number of guanidine groups is 1. The van der Waals surface area contributed by atoms with E-state index in [0.717, 1.165) is 30.8 Å². The Morgan fingerprint density at radius 1 is 1.40 bits per heavy atom. The van der Waals surface area contributed by atoms with Gasteiger partial charge >= 0.3 is 0 Å². The monoisotopic (exact) mass is 527 g/mol. The third-order valence-electron chi connectivity index (χ3n) is 4.78. The number of benzene rings is 1. The molecule has 1 atom stereocenters. The average molecular weight is 527 g/mol. The molecule has 1 amide bonds. The molecule has 0 spiro atoms. The highest BCUT2D eigenvalue weighted by atomic mass is 127. The van der Waals surface area contributed by atoms with Gasteiger partial charge in [0.2, 0.25) is 5.91 Å². The summed E-state index contributed by atoms with van der Waals surface area (Å²) in [6.07, 6.45) is 2.68. The van der Waals surface area contributed by atoms with Crippen LogP contribution in [0.3, 0.4) is 0 Å². The second-order valence-corrected chi connectivity index (χ2v) is 6.97. The number of carbonyl (C=O) groups excluding carboxylic acids is 1. The number of ether oxygens (including phenoxy) is 1. The Kier molecular flexibility index (Phi) is 9.50. The van der Waals surface area contributed by atoms with Gasteiger partial charge in [-0.15, -0.1) is 24.0 Å². The summed E-state index contributed by atoms with van der Waals surface area (Å²) >= 11 is 0. The van der Waals surface area contributed by atoms with Crippen LogP contribution < -0.4 is 16.0 Å². The average Bonchev–Trinajstić information content (AvgIpc) is 3.13. The normalized spacial score (nSPS) is 15.7. The second-order valence-electron chi connectivity index (χ2n) is 6.97. The van der Waals surface area contributed by atoms with E-state index in [0.29, 0.717) is 24.9 Å². The van der Waals surface area contributed by atoms with E-state index in [1.54, 1.807) is 14.2 Å². The number of aliphatic imine (C=N–C) groups is 1. The number of hydrogen-bond acceptors (Lipinski definition) is 5. The largest absolute Gasteiger partial charge is 0.377 e. The molecule has 0 radical (unpaired) electrons. The van der Waals surface area contributed by atoms with Gasteiger partial charge in [-0.3, -0.25) is 9.79 Å². The van der Waals surface area contributed by atoms with Gasteiger partial charge in [-0.2, -0.15) is 5.10 Å². The molecular weight excluding hydrogens is 497 g/mol. The Labute approximate surface area is 194 Å². The zero-order chi connectivity index (χ0) is 20.6. The maximum atomic E-state index is 12.3. The quantitative estimate of drug-likeness (QED) is 0.288. The van der Waals surface area contributed by atoms with Crippen LogP contribution in [0.4, 0.5) is 5.69 Å². The van der Waals surface area contributed by atoms with Crippen molar-refractivity contribution in [1.82, 2.24) is 25.4 Å². The van der Waals surface area contributed by atoms with Crippen LogP contribution in [0.5, 0.6) is 0 Å². The first kappa shape index (κ1) is 24.1. The third kappa shape index (κ3) is 6.66. The van der Waals surface area contributed by atoms with Gasteiger partial charge in [0.1, 0.15) is 12.4 Å². The highest BCUT2D eigenvalue weighted by Crippen LogP contribution is 2.13. The van der Waals surface area contributed by atoms with E-state index in [1.807, 2.05) is 28.9 Å².